The number of hydrogen-bond acceptors (Lipinski definition) is 3. The van der Waals surface area contributed by atoms with Crippen LogP contribution in [0.25, 0.3) is 5.69 Å². The molecule has 1 heterocycles. The summed E-state index contributed by atoms with van der Waals surface area (Å²) in [5, 5.41) is 4.50. The van der Waals surface area contributed by atoms with Gasteiger partial charge in [-0.2, -0.15) is 5.10 Å². The molecular weight excluding hydrogens is 240 g/mol. The monoisotopic (exact) mass is 250 g/mol. The van der Waals surface area contributed by atoms with Crippen molar-refractivity contribution in [3.8, 4) is 5.69 Å². The molecule has 0 atom stereocenters. The van der Waals surface area contributed by atoms with Crippen molar-refractivity contribution in [2.45, 2.75) is 6.92 Å². The molecule has 0 radical (unpaired) electrons. The van der Waals surface area contributed by atoms with Gasteiger partial charge in [0.1, 0.15) is 0 Å². The normalized spacial score (nSPS) is 10.5. The molecule has 0 saturated carbocycles. The highest BCUT2D eigenvalue weighted by molar-refractivity contribution is 6.33. The summed E-state index contributed by atoms with van der Waals surface area (Å²) in [5.41, 5.74) is 13.4. The van der Waals surface area contributed by atoms with Gasteiger partial charge in [-0.25, -0.2) is 4.68 Å². The number of aromatic nitrogens is 2. The van der Waals surface area contributed by atoms with E-state index in [-0.39, 0.29) is 0 Å². The van der Waals surface area contributed by atoms with E-state index in [4.69, 9.17) is 23.1 Å². The molecule has 0 saturated heterocycles. The van der Waals surface area contributed by atoms with E-state index in [0.717, 1.165) is 11.3 Å². The van der Waals surface area contributed by atoms with Gasteiger partial charge in [-0.3, -0.25) is 4.79 Å². The number of halogens is 1. The van der Waals surface area contributed by atoms with Crippen LogP contribution in [0.3, 0.4) is 0 Å². The van der Waals surface area contributed by atoms with Crippen molar-refractivity contribution in [2.24, 2.45) is 5.73 Å². The summed E-state index contributed by atoms with van der Waals surface area (Å²) in [5.74, 6) is -0.518. The molecule has 0 aliphatic rings. The Morgan fingerprint density at radius 3 is 2.76 bits per heavy atom. The average molecular weight is 251 g/mol. The molecule has 1 aromatic carbocycles. The highest BCUT2D eigenvalue weighted by atomic mass is 35.5. The van der Waals surface area contributed by atoms with Gasteiger partial charge in [0.2, 0.25) is 0 Å². The van der Waals surface area contributed by atoms with Crippen LogP contribution in [0.4, 0.5) is 5.69 Å². The van der Waals surface area contributed by atoms with Crippen LogP contribution >= 0.6 is 11.6 Å². The Kier molecular flexibility index (Phi) is 2.77. The number of anilines is 1. The predicted molar refractivity (Wildman–Crippen MR) is 66.2 cm³/mol. The number of rotatable bonds is 2. The van der Waals surface area contributed by atoms with E-state index in [0.29, 0.717) is 16.3 Å². The standard InChI is InChI=1S/C11H11ClN4O/c1-6-2-9(13)8(12)3-10(6)16-5-7(4-15-16)11(14)17/h2-5H,13H2,1H3,(H2,14,17). The number of nitrogens with two attached hydrogens (primary N) is 2. The van der Waals surface area contributed by atoms with Crippen LogP contribution in [0, 0.1) is 6.92 Å². The van der Waals surface area contributed by atoms with Crippen molar-refractivity contribution in [1.82, 2.24) is 9.78 Å². The molecule has 88 valence electrons. The summed E-state index contributed by atoms with van der Waals surface area (Å²) in [6.07, 6.45) is 2.96. The van der Waals surface area contributed by atoms with E-state index in [1.54, 1.807) is 23.0 Å². The summed E-state index contributed by atoms with van der Waals surface area (Å²) in [6, 6.07) is 3.45. The van der Waals surface area contributed by atoms with Crippen molar-refractivity contribution in [2.75, 3.05) is 5.73 Å². The van der Waals surface area contributed by atoms with E-state index in [1.807, 2.05) is 6.92 Å². The van der Waals surface area contributed by atoms with E-state index in [1.165, 1.54) is 6.20 Å². The topological polar surface area (TPSA) is 86.9 Å². The first-order valence-electron chi connectivity index (χ1n) is 4.89. The number of primary amides is 1. The Labute approximate surface area is 103 Å². The lowest BCUT2D eigenvalue weighted by Gasteiger charge is -2.08. The van der Waals surface area contributed by atoms with Crippen LogP contribution in [0.15, 0.2) is 24.5 Å². The fourth-order valence-electron chi connectivity index (χ4n) is 1.52. The number of nitrogens with zero attached hydrogens (tertiary/aromatic N) is 2. The van der Waals surface area contributed by atoms with E-state index >= 15 is 0 Å². The third kappa shape index (κ3) is 2.09. The predicted octanol–water partition coefficient (Wildman–Crippen LogP) is 1.52. The third-order valence-corrected chi connectivity index (χ3v) is 2.76. The second kappa shape index (κ2) is 4.10. The van der Waals surface area contributed by atoms with Gasteiger partial charge >= 0.3 is 0 Å². The van der Waals surface area contributed by atoms with Gasteiger partial charge in [0.15, 0.2) is 0 Å². The number of amides is 1. The largest absolute Gasteiger partial charge is 0.398 e. The molecule has 17 heavy (non-hydrogen) atoms. The maximum absolute atomic E-state index is 11.0. The minimum atomic E-state index is -0.518. The fraction of sp³-hybridized carbons (Fsp3) is 0.0909. The van der Waals surface area contributed by atoms with Gasteiger partial charge in [0.05, 0.1) is 28.2 Å². The van der Waals surface area contributed by atoms with Crippen molar-refractivity contribution in [3.05, 3.63) is 40.7 Å². The van der Waals surface area contributed by atoms with Crippen LogP contribution in [0.2, 0.25) is 5.02 Å². The van der Waals surface area contributed by atoms with Crippen LogP contribution in [-0.4, -0.2) is 15.7 Å². The van der Waals surface area contributed by atoms with Crippen molar-refractivity contribution in [3.63, 3.8) is 0 Å². The van der Waals surface area contributed by atoms with Crippen LogP contribution in [-0.2, 0) is 0 Å². The van der Waals surface area contributed by atoms with Crippen molar-refractivity contribution >= 4 is 23.2 Å². The van der Waals surface area contributed by atoms with Gasteiger partial charge in [-0.15, -0.1) is 0 Å². The number of carbonyl (C=O) groups is 1. The highest BCUT2D eigenvalue weighted by Gasteiger charge is 2.09. The molecule has 0 fully saturated rings. The van der Waals surface area contributed by atoms with Gasteiger partial charge in [0.25, 0.3) is 5.91 Å². The van der Waals surface area contributed by atoms with Gasteiger partial charge < -0.3 is 11.5 Å². The highest BCUT2D eigenvalue weighted by Crippen LogP contribution is 2.25. The second-order valence-electron chi connectivity index (χ2n) is 3.70. The molecule has 0 unspecified atom stereocenters. The quantitative estimate of drug-likeness (QED) is 0.792. The Morgan fingerprint density at radius 2 is 2.18 bits per heavy atom. The molecule has 0 bridgehead atoms. The lowest BCUT2D eigenvalue weighted by molar-refractivity contribution is 0.100. The zero-order chi connectivity index (χ0) is 12.6. The average Bonchev–Trinajstić information content (AvgIpc) is 2.72. The number of carbonyl (C=O) groups excluding carboxylic acids is 1. The molecule has 1 aromatic heterocycles. The Bertz CT molecular complexity index is 591. The second-order valence-corrected chi connectivity index (χ2v) is 4.11. The summed E-state index contributed by atoms with van der Waals surface area (Å²) in [4.78, 5) is 11.0. The Hall–Kier alpha value is -2.01. The lowest BCUT2D eigenvalue weighted by Crippen LogP contribution is -2.09. The minimum absolute atomic E-state index is 0.345. The maximum Gasteiger partial charge on any atom is 0.251 e. The SMILES string of the molecule is Cc1cc(N)c(Cl)cc1-n1cc(C(N)=O)cn1. The molecule has 6 heteroatoms. The molecule has 2 rings (SSSR count). The number of aryl methyl sites for hydroxylation is 1. The molecule has 1 amide bonds. The van der Waals surface area contributed by atoms with Crippen LogP contribution in [0.5, 0.6) is 0 Å². The van der Waals surface area contributed by atoms with Crippen LogP contribution in [0.1, 0.15) is 15.9 Å². The maximum atomic E-state index is 11.0. The molecular formula is C11H11ClN4O. The van der Waals surface area contributed by atoms with E-state index in [9.17, 15) is 4.79 Å². The number of benzene rings is 1. The van der Waals surface area contributed by atoms with Crippen molar-refractivity contribution < 1.29 is 4.79 Å². The molecule has 2 aromatic rings. The molecule has 0 aliphatic carbocycles. The fourth-order valence-corrected chi connectivity index (χ4v) is 1.68. The van der Waals surface area contributed by atoms with Gasteiger partial charge in [-0.05, 0) is 24.6 Å². The zero-order valence-corrected chi connectivity index (χ0v) is 9.90. The molecule has 4 N–H and O–H groups in total. The van der Waals surface area contributed by atoms with E-state index in [2.05, 4.69) is 5.10 Å². The minimum Gasteiger partial charge on any atom is -0.398 e. The summed E-state index contributed by atoms with van der Waals surface area (Å²) in [7, 11) is 0. The molecule has 5 nitrogen and oxygen atoms in total. The van der Waals surface area contributed by atoms with E-state index < -0.39 is 5.91 Å². The number of nitrogen functional groups attached to an aromatic ring is 1. The summed E-state index contributed by atoms with van der Waals surface area (Å²) >= 11 is 5.95. The first-order valence-corrected chi connectivity index (χ1v) is 5.27. The lowest BCUT2D eigenvalue weighted by atomic mass is 10.2. The molecule has 0 spiro atoms. The first kappa shape index (κ1) is 11.5. The van der Waals surface area contributed by atoms with Gasteiger partial charge in [-0.1, -0.05) is 11.6 Å². The Morgan fingerprint density at radius 1 is 1.47 bits per heavy atom. The summed E-state index contributed by atoms with van der Waals surface area (Å²) < 4.78 is 1.54. The number of hydrogen-bond donors (Lipinski definition) is 2. The summed E-state index contributed by atoms with van der Waals surface area (Å²) in [6.45, 7) is 1.88. The Balaban J connectivity index is 2.52. The third-order valence-electron chi connectivity index (χ3n) is 2.43. The van der Waals surface area contributed by atoms with Gasteiger partial charge in [0, 0.05) is 6.20 Å². The first-order chi connectivity index (χ1) is 7.99. The van der Waals surface area contributed by atoms with Crippen molar-refractivity contribution in [1.29, 1.82) is 0 Å². The zero-order valence-electron chi connectivity index (χ0n) is 9.14. The molecule has 0 aliphatic heterocycles. The smallest absolute Gasteiger partial charge is 0.251 e. The van der Waals surface area contributed by atoms with Crippen LogP contribution < -0.4 is 11.5 Å².